The predicted molar refractivity (Wildman–Crippen MR) is 102 cm³/mol. The van der Waals surface area contributed by atoms with Gasteiger partial charge in [-0.25, -0.2) is 0 Å². The molecule has 0 aliphatic carbocycles. The van der Waals surface area contributed by atoms with Crippen molar-refractivity contribution in [3.05, 3.63) is 60.6 Å². The minimum absolute atomic E-state index is 0.138. The average Bonchev–Trinajstić information content (AvgIpc) is 2.95. The summed E-state index contributed by atoms with van der Waals surface area (Å²) >= 11 is 18.6. The first-order valence-electron chi connectivity index (χ1n) is 6.68. The van der Waals surface area contributed by atoms with Crippen LogP contribution in [-0.4, -0.2) is 11.0 Å². The number of hydrogen-bond donors (Lipinski definition) is 2. The quantitative estimate of drug-likeness (QED) is 0.469. The van der Waals surface area contributed by atoms with Crippen LogP contribution < -0.4 is 5.32 Å². The number of aliphatic hydroxyl groups is 1. The first kappa shape index (κ1) is 17.8. The topological polar surface area (TPSA) is 62.5 Å². The smallest absolute Gasteiger partial charge is 0.291 e. The fourth-order valence-corrected chi connectivity index (χ4v) is 3.92. The van der Waals surface area contributed by atoms with Gasteiger partial charge in [-0.3, -0.25) is 4.79 Å². The zero-order chi connectivity index (χ0) is 17.4. The van der Waals surface area contributed by atoms with E-state index in [1.54, 1.807) is 30.3 Å². The van der Waals surface area contributed by atoms with Gasteiger partial charge in [-0.1, -0.05) is 39.1 Å². The second-order valence-corrected chi connectivity index (χ2v) is 7.38. The summed E-state index contributed by atoms with van der Waals surface area (Å²) in [5, 5.41) is 13.6. The number of carbonyl (C=O) groups is 1. The van der Waals surface area contributed by atoms with Crippen LogP contribution in [0.3, 0.4) is 0 Å². The van der Waals surface area contributed by atoms with Crippen LogP contribution in [0.15, 0.2) is 43.7 Å². The van der Waals surface area contributed by atoms with Gasteiger partial charge in [0.05, 0.1) is 16.7 Å². The molecule has 0 atom stereocenters. The standard InChI is InChI=1S/C16H9Br2Cl2NO3/c17-10-5-13-8(15(18)9(10)6-22)4-14(24-13)16(23)21-7-1-2-11(19)12(20)3-7/h1-5,22H,6H2,(H,21,23). The van der Waals surface area contributed by atoms with E-state index in [0.29, 0.717) is 41.2 Å². The van der Waals surface area contributed by atoms with Gasteiger partial charge in [0.15, 0.2) is 5.76 Å². The van der Waals surface area contributed by atoms with E-state index >= 15 is 0 Å². The van der Waals surface area contributed by atoms with Gasteiger partial charge in [0, 0.05) is 25.6 Å². The van der Waals surface area contributed by atoms with Crippen LogP contribution in [0.2, 0.25) is 10.0 Å². The molecule has 0 spiro atoms. The second kappa shape index (κ2) is 7.06. The maximum Gasteiger partial charge on any atom is 0.291 e. The molecular formula is C16H9Br2Cl2NO3. The highest BCUT2D eigenvalue weighted by molar-refractivity contribution is 9.11. The van der Waals surface area contributed by atoms with Crippen LogP contribution in [0.1, 0.15) is 16.1 Å². The van der Waals surface area contributed by atoms with Crippen molar-refractivity contribution in [2.24, 2.45) is 0 Å². The third kappa shape index (κ3) is 3.34. The zero-order valence-corrected chi connectivity index (χ0v) is 16.6. The maximum absolute atomic E-state index is 12.4. The molecule has 0 aliphatic heterocycles. The minimum atomic E-state index is -0.418. The van der Waals surface area contributed by atoms with E-state index in [-0.39, 0.29) is 12.4 Å². The minimum Gasteiger partial charge on any atom is -0.451 e. The van der Waals surface area contributed by atoms with Crippen molar-refractivity contribution < 1.29 is 14.3 Å². The van der Waals surface area contributed by atoms with Crippen molar-refractivity contribution >= 4 is 77.6 Å². The van der Waals surface area contributed by atoms with Gasteiger partial charge in [0.1, 0.15) is 5.58 Å². The number of benzene rings is 2. The Labute approximate surface area is 164 Å². The Morgan fingerprint density at radius 2 is 1.92 bits per heavy atom. The van der Waals surface area contributed by atoms with E-state index in [2.05, 4.69) is 37.2 Å². The molecule has 4 nitrogen and oxygen atoms in total. The van der Waals surface area contributed by atoms with Gasteiger partial charge in [-0.2, -0.15) is 0 Å². The number of rotatable bonds is 3. The number of furan rings is 1. The monoisotopic (exact) mass is 491 g/mol. The van der Waals surface area contributed by atoms with Gasteiger partial charge in [0.25, 0.3) is 5.91 Å². The third-order valence-electron chi connectivity index (χ3n) is 3.37. The molecule has 2 aromatic carbocycles. The molecule has 0 saturated carbocycles. The Morgan fingerprint density at radius 1 is 1.17 bits per heavy atom. The van der Waals surface area contributed by atoms with Crippen molar-refractivity contribution in [2.45, 2.75) is 6.61 Å². The molecule has 0 unspecified atom stereocenters. The molecule has 3 aromatic rings. The molecule has 1 amide bonds. The number of amides is 1. The molecular weight excluding hydrogens is 485 g/mol. The van der Waals surface area contributed by atoms with E-state index < -0.39 is 5.91 Å². The number of fused-ring (bicyclic) bond motifs is 1. The molecule has 3 rings (SSSR count). The second-order valence-electron chi connectivity index (χ2n) is 4.91. The Balaban J connectivity index is 1.95. The Kier molecular flexibility index (Phi) is 5.22. The molecule has 0 radical (unpaired) electrons. The van der Waals surface area contributed by atoms with Crippen molar-refractivity contribution in [3.8, 4) is 0 Å². The molecule has 24 heavy (non-hydrogen) atoms. The van der Waals surface area contributed by atoms with Crippen molar-refractivity contribution in [1.29, 1.82) is 0 Å². The number of anilines is 1. The Bertz CT molecular complexity index is 956. The summed E-state index contributed by atoms with van der Waals surface area (Å²) in [6.45, 7) is -0.146. The molecule has 0 bridgehead atoms. The van der Waals surface area contributed by atoms with Crippen LogP contribution in [0.25, 0.3) is 11.0 Å². The number of nitrogens with one attached hydrogen (secondary N) is 1. The molecule has 8 heteroatoms. The third-order valence-corrected chi connectivity index (χ3v) is 5.72. The van der Waals surface area contributed by atoms with Gasteiger partial charge in [-0.15, -0.1) is 0 Å². The lowest BCUT2D eigenvalue weighted by Gasteiger charge is -2.04. The molecule has 1 heterocycles. The summed E-state index contributed by atoms with van der Waals surface area (Å²) in [6.07, 6.45) is 0. The molecule has 0 aliphatic rings. The van der Waals surface area contributed by atoms with Gasteiger partial charge < -0.3 is 14.8 Å². The van der Waals surface area contributed by atoms with Crippen LogP contribution in [-0.2, 0) is 6.61 Å². The number of hydrogen-bond acceptors (Lipinski definition) is 3. The summed E-state index contributed by atoms with van der Waals surface area (Å²) in [4.78, 5) is 12.4. The Morgan fingerprint density at radius 3 is 2.58 bits per heavy atom. The average molecular weight is 494 g/mol. The van der Waals surface area contributed by atoms with Crippen LogP contribution in [0.5, 0.6) is 0 Å². The molecule has 1 aromatic heterocycles. The summed E-state index contributed by atoms with van der Waals surface area (Å²) in [6, 6.07) is 8.12. The first-order valence-corrected chi connectivity index (χ1v) is 9.02. The molecule has 0 saturated heterocycles. The number of aliphatic hydroxyl groups excluding tert-OH is 1. The van der Waals surface area contributed by atoms with E-state index in [4.69, 9.17) is 27.6 Å². The normalized spacial score (nSPS) is 11.0. The highest BCUT2D eigenvalue weighted by atomic mass is 79.9. The number of halogens is 4. The lowest BCUT2D eigenvalue weighted by atomic mass is 10.1. The van der Waals surface area contributed by atoms with E-state index in [0.717, 1.165) is 0 Å². The van der Waals surface area contributed by atoms with Crippen molar-refractivity contribution in [2.75, 3.05) is 5.32 Å². The van der Waals surface area contributed by atoms with Crippen molar-refractivity contribution in [3.63, 3.8) is 0 Å². The number of carbonyl (C=O) groups excluding carboxylic acids is 1. The van der Waals surface area contributed by atoms with Crippen LogP contribution in [0, 0.1) is 0 Å². The van der Waals surface area contributed by atoms with E-state index in [1.807, 2.05) is 0 Å². The maximum atomic E-state index is 12.4. The highest BCUT2D eigenvalue weighted by Gasteiger charge is 2.18. The lowest BCUT2D eigenvalue weighted by molar-refractivity contribution is 0.0998. The SMILES string of the molecule is O=C(Nc1ccc(Cl)c(Cl)c1)c1cc2c(Br)c(CO)c(Br)cc2o1. The molecule has 124 valence electrons. The lowest BCUT2D eigenvalue weighted by Crippen LogP contribution is -2.10. The van der Waals surface area contributed by atoms with Crippen molar-refractivity contribution in [1.82, 2.24) is 0 Å². The molecule has 2 N–H and O–H groups in total. The summed E-state index contributed by atoms with van der Waals surface area (Å²) < 4.78 is 6.97. The highest BCUT2D eigenvalue weighted by Crippen LogP contribution is 2.35. The predicted octanol–water partition coefficient (Wildman–Crippen LogP) is 6.01. The summed E-state index contributed by atoms with van der Waals surface area (Å²) in [5.41, 5.74) is 1.70. The fraction of sp³-hybridized carbons (Fsp3) is 0.0625. The van der Waals surface area contributed by atoms with Crippen LogP contribution >= 0.6 is 55.1 Å². The van der Waals surface area contributed by atoms with Gasteiger partial charge in [0.2, 0.25) is 0 Å². The molecule has 0 fully saturated rings. The fourth-order valence-electron chi connectivity index (χ4n) is 2.18. The van der Waals surface area contributed by atoms with E-state index in [9.17, 15) is 9.90 Å². The summed E-state index contributed by atoms with van der Waals surface area (Å²) in [5.74, 6) is -0.281. The summed E-state index contributed by atoms with van der Waals surface area (Å²) in [7, 11) is 0. The first-order chi connectivity index (χ1) is 11.4. The largest absolute Gasteiger partial charge is 0.451 e. The van der Waals surface area contributed by atoms with E-state index in [1.165, 1.54) is 0 Å². The van der Waals surface area contributed by atoms with Crippen LogP contribution in [0.4, 0.5) is 5.69 Å². The van der Waals surface area contributed by atoms with Gasteiger partial charge in [-0.05, 0) is 46.3 Å². The Hall–Kier alpha value is -1.05. The zero-order valence-electron chi connectivity index (χ0n) is 11.9. The van der Waals surface area contributed by atoms with Gasteiger partial charge >= 0.3 is 0 Å².